The summed E-state index contributed by atoms with van der Waals surface area (Å²) in [5, 5.41) is 34.9. The predicted octanol–water partition coefficient (Wildman–Crippen LogP) is 9.26. The standard InChI is InChI=1S/C29H23NO2.C9H10O2/c1-18-15-19(2)29(32)22(16-18)17-30-25-13-11-20-7-3-5-9-23(20)27(25)28-24-10-6-4-8-21(24)12-14-26(28)31;1-6-3-7(2)9(11)8(4-6)5-10/h3-17,31-32H,1-2H3;3-5,11H,1-2H3. The van der Waals surface area contributed by atoms with Crippen molar-refractivity contribution in [2.45, 2.75) is 27.7 Å². The van der Waals surface area contributed by atoms with Crippen LogP contribution in [0.1, 0.15) is 38.2 Å². The lowest BCUT2D eigenvalue weighted by Crippen LogP contribution is -1.90. The molecule has 0 bridgehead atoms. The fraction of sp³-hybridized carbons (Fsp3) is 0.105. The van der Waals surface area contributed by atoms with Gasteiger partial charge in [0.1, 0.15) is 17.2 Å². The van der Waals surface area contributed by atoms with E-state index in [0.29, 0.717) is 17.4 Å². The molecule has 43 heavy (non-hydrogen) atoms. The van der Waals surface area contributed by atoms with Crippen molar-refractivity contribution in [3.05, 3.63) is 130 Å². The SMILES string of the molecule is Cc1cc(C)c(O)c(C=Nc2ccc3ccccc3c2-c2c(O)ccc3ccccc23)c1.Cc1cc(C)c(O)c(C=O)c1. The van der Waals surface area contributed by atoms with Crippen LogP contribution in [-0.4, -0.2) is 27.8 Å². The van der Waals surface area contributed by atoms with Gasteiger partial charge < -0.3 is 15.3 Å². The Hall–Kier alpha value is -5.42. The van der Waals surface area contributed by atoms with Gasteiger partial charge in [-0.3, -0.25) is 9.79 Å². The number of carbonyl (C=O) groups is 1. The van der Waals surface area contributed by atoms with Crippen LogP contribution in [0, 0.1) is 27.7 Å². The monoisotopic (exact) mass is 567 g/mol. The number of rotatable bonds is 4. The van der Waals surface area contributed by atoms with Crippen molar-refractivity contribution in [2.24, 2.45) is 4.99 Å². The summed E-state index contributed by atoms with van der Waals surface area (Å²) >= 11 is 0. The third kappa shape index (κ3) is 5.97. The summed E-state index contributed by atoms with van der Waals surface area (Å²) in [5.41, 5.74) is 7.01. The van der Waals surface area contributed by atoms with Gasteiger partial charge in [-0.2, -0.15) is 0 Å². The third-order valence-electron chi connectivity index (χ3n) is 7.48. The molecule has 0 saturated carbocycles. The number of phenolic OH excluding ortho intramolecular Hbond substituents is 3. The van der Waals surface area contributed by atoms with E-state index in [-0.39, 0.29) is 17.2 Å². The molecule has 0 saturated heterocycles. The molecule has 0 aliphatic rings. The number of aromatic hydroxyl groups is 3. The zero-order valence-corrected chi connectivity index (χ0v) is 24.6. The highest BCUT2D eigenvalue weighted by molar-refractivity contribution is 6.11. The predicted molar refractivity (Wildman–Crippen MR) is 176 cm³/mol. The Kier molecular flexibility index (Phi) is 8.26. The molecule has 0 radical (unpaired) electrons. The average Bonchev–Trinajstić information content (AvgIpc) is 3.00. The van der Waals surface area contributed by atoms with E-state index in [1.807, 2.05) is 93.6 Å². The Bertz CT molecular complexity index is 2020. The van der Waals surface area contributed by atoms with Gasteiger partial charge in [0, 0.05) is 22.9 Å². The highest BCUT2D eigenvalue weighted by atomic mass is 16.3. The summed E-state index contributed by atoms with van der Waals surface area (Å²) in [6.45, 7) is 7.55. The molecule has 6 aromatic carbocycles. The minimum atomic E-state index is 0.0885. The molecule has 0 atom stereocenters. The number of carbonyl (C=O) groups excluding carboxylic acids is 1. The summed E-state index contributed by atoms with van der Waals surface area (Å²) in [6.07, 6.45) is 2.36. The lowest BCUT2D eigenvalue weighted by molar-refractivity contribution is 0.112. The van der Waals surface area contributed by atoms with Gasteiger partial charge in [0.15, 0.2) is 6.29 Å². The maximum Gasteiger partial charge on any atom is 0.153 e. The van der Waals surface area contributed by atoms with Gasteiger partial charge in [-0.1, -0.05) is 72.8 Å². The van der Waals surface area contributed by atoms with E-state index in [1.165, 1.54) is 0 Å². The van der Waals surface area contributed by atoms with Crippen molar-refractivity contribution in [1.82, 2.24) is 0 Å². The van der Waals surface area contributed by atoms with Crippen LogP contribution in [0.25, 0.3) is 32.7 Å². The van der Waals surface area contributed by atoms with Gasteiger partial charge in [-0.15, -0.1) is 0 Å². The molecule has 6 rings (SSSR count). The van der Waals surface area contributed by atoms with Gasteiger partial charge >= 0.3 is 0 Å². The second-order valence-electron chi connectivity index (χ2n) is 10.8. The van der Waals surface area contributed by atoms with E-state index in [9.17, 15) is 20.1 Å². The Morgan fingerprint density at radius 2 is 1.09 bits per heavy atom. The smallest absolute Gasteiger partial charge is 0.153 e. The van der Waals surface area contributed by atoms with E-state index in [4.69, 9.17) is 4.99 Å². The number of phenols is 3. The summed E-state index contributed by atoms with van der Waals surface area (Å²) in [5.74, 6) is 0.533. The van der Waals surface area contributed by atoms with Crippen LogP contribution in [0.4, 0.5) is 5.69 Å². The number of benzene rings is 6. The molecule has 0 fully saturated rings. The minimum Gasteiger partial charge on any atom is -0.507 e. The van der Waals surface area contributed by atoms with Crippen molar-refractivity contribution in [2.75, 3.05) is 0 Å². The maximum absolute atomic E-state index is 11.0. The average molecular weight is 568 g/mol. The number of hydrogen-bond donors (Lipinski definition) is 3. The van der Waals surface area contributed by atoms with Crippen molar-refractivity contribution < 1.29 is 20.1 Å². The highest BCUT2D eigenvalue weighted by Gasteiger charge is 2.16. The molecule has 3 N–H and O–H groups in total. The number of hydrogen-bond acceptors (Lipinski definition) is 5. The molecule has 0 aliphatic heterocycles. The topological polar surface area (TPSA) is 90.1 Å². The van der Waals surface area contributed by atoms with E-state index in [2.05, 4.69) is 12.1 Å². The minimum absolute atomic E-state index is 0.0885. The third-order valence-corrected chi connectivity index (χ3v) is 7.48. The molecule has 214 valence electrons. The van der Waals surface area contributed by atoms with Gasteiger partial charge in [0.05, 0.1) is 11.3 Å². The largest absolute Gasteiger partial charge is 0.507 e. The summed E-state index contributed by atoms with van der Waals surface area (Å²) < 4.78 is 0. The summed E-state index contributed by atoms with van der Waals surface area (Å²) in [6, 6.07) is 31.2. The summed E-state index contributed by atoms with van der Waals surface area (Å²) in [7, 11) is 0. The van der Waals surface area contributed by atoms with E-state index < -0.39 is 0 Å². The molecule has 0 spiro atoms. The molecule has 5 nitrogen and oxygen atoms in total. The second kappa shape index (κ2) is 12.2. The number of aryl methyl sites for hydroxylation is 4. The van der Waals surface area contributed by atoms with Gasteiger partial charge in [0.2, 0.25) is 0 Å². The van der Waals surface area contributed by atoms with Crippen LogP contribution < -0.4 is 0 Å². The lowest BCUT2D eigenvalue weighted by Gasteiger charge is -2.15. The Balaban J connectivity index is 0.000000283. The zero-order chi connectivity index (χ0) is 30.7. The van der Waals surface area contributed by atoms with Crippen molar-refractivity contribution in [1.29, 1.82) is 0 Å². The normalized spacial score (nSPS) is 11.1. The van der Waals surface area contributed by atoms with Crippen LogP contribution in [0.3, 0.4) is 0 Å². The number of nitrogens with zero attached hydrogens (tertiary/aromatic N) is 1. The summed E-state index contributed by atoms with van der Waals surface area (Å²) in [4.78, 5) is 15.2. The Morgan fingerprint density at radius 1 is 0.581 bits per heavy atom. The van der Waals surface area contributed by atoms with Crippen LogP contribution in [0.2, 0.25) is 0 Å². The molecule has 0 aliphatic carbocycles. The first kappa shape index (κ1) is 29.1. The first-order valence-electron chi connectivity index (χ1n) is 14.0. The quantitative estimate of drug-likeness (QED) is 0.146. The lowest BCUT2D eigenvalue weighted by atomic mass is 9.92. The van der Waals surface area contributed by atoms with Crippen LogP contribution in [0.15, 0.2) is 102 Å². The zero-order valence-electron chi connectivity index (χ0n) is 24.6. The Labute approximate surface area is 251 Å². The van der Waals surface area contributed by atoms with Crippen molar-refractivity contribution >= 4 is 39.7 Å². The molecule has 0 unspecified atom stereocenters. The van der Waals surface area contributed by atoms with Crippen molar-refractivity contribution in [3.8, 4) is 28.4 Å². The van der Waals surface area contributed by atoms with Crippen molar-refractivity contribution in [3.63, 3.8) is 0 Å². The first-order chi connectivity index (χ1) is 20.7. The molecule has 0 heterocycles. The van der Waals surface area contributed by atoms with Gasteiger partial charge in [0.25, 0.3) is 0 Å². The van der Waals surface area contributed by atoms with E-state index >= 15 is 0 Å². The Morgan fingerprint density at radius 3 is 1.70 bits per heavy atom. The number of aliphatic imine (C=N–C) groups is 1. The molecule has 6 aromatic rings. The molecule has 0 aromatic heterocycles. The fourth-order valence-corrected chi connectivity index (χ4v) is 5.47. The van der Waals surface area contributed by atoms with Gasteiger partial charge in [-0.25, -0.2) is 0 Å². The van der Waals surface area contributed by atoms with E-state index in [0.717, 1.165) is 60.6 Å². The van der Waals surface area contributed by atoms with Crippen LogP contribution >= 0.6 is 0 Å². The molecule has 5 heteroatoms. The van der Waals surface area contributed by atoms with E-state index in [1.54, 1.807) is 25.3 Å². The highest BCUT2D eigenvalue weighted by Crippen LogP contribution is 2.45. The first-order valence-corrected chi connectivity index (χ1v) is 14.0. The maximum atomic E-state index is 11.0. The molecular formula is C38H33NO4. The van der Waals surface area contributed by atoms with Crippen LogP contribution in [0.5, 0.6) is 17.2 Å². The van der Waals surface area contributed by atoms with Gasteiger partial charge in [-0.05, 0) is 95.8 Å². The number of fused-ring (bicyclic) bond motifs is 2. The number of aldehydes is 1. The molecular weight excluding hydrogens is 534 g/mol. The second-order valence-corrected chi connectivity index (χ2v) is 10.8. The fourth-order valence-electron chi connectivity index (χ4n) is 5.47. The van der Waals surface area contributed by atoms with Crippen LogP contribution in [-0.2, 0) is 0 Å². The molecule has 0 amide bonds.